The number of nitrogens with zero attached hydrogens (tertiary/aromatic N) is 2. The quantitative estimate of drug-likeness (QED) is 0.828. The molecule has 0 N–H and O–H groups in total. The number of rotatable bonds is 3. The molecular formula is C18H20N2O3S2. The van der Waals surface area contributed by atoms with Crippen molar-refractivity contribution in [2.75, 3.05) is 19.6 Å². The Morgan fingerprint density at radius 1 is 1.04 bits per heavy atom. The van der Waals surface area contributed by atoms with Gasteiger partial charge >= 0.3 is 0 Å². The summed E-state index contributed by atoms with van der Waals surface area (Å²) >= 11 is 1.44. The number of sulfonamides is 1. The van der Waals surface area contributed by atoms with Gasteiger partial charge in [-0.3, -0.25) is 4.79 Å². The fraction of sp³-hybridized carbons (Fsp3) is 0.389. The van der Waals surface area contributed by atoms with Crippen molar-refractivity contribution in [1.82, 2.24) is 9.21 Å². The summed E-state index contributed by atoms with van der Waals surface area (Å²) in [6.07, 6.45) is 2.61. The lowest BCUT2D eigenvalue weighted by molar-refractivity contribution is 0.0739. The van der Waals surface area contributed by atoms with Crippen molar-refractivity contribution in [1.29, 1.82) is 0 Å². The Morgan fingerprint density at radius 2 is 1.84 bits per heavy atom. The van der Waals surface area contributed by atoms with E-state index in [-0.39, 0.29) is 5.91 Å². The second-order valence-electron chi connectivity index (χ2n) is 6.50. The SMILES string of the molecule is O=C(c1cccs1)N1CCc2ccc(S(=O)(=O)N3CCCC3)cc2C1. The smallest absolute Gasteiger partial charge is 0.264 e. The van der Waals surface area contributed by atoms with Gasteiger partial charge in [0, 0.05) is 26.2 Å². The van der Waals surface area contributed by atoms with Gasteiger partial charge in [0.05, 0.1) is 9.77 Å². The molecule has 25 heavy (non-hydrogen) atoms. The average molecular weight is 377 g/mol. The van der Waals surface area contributed by atoms with Crippen molar-refractivity contribution in [2.24, 2.45) is 0 Å². The second-order valence-corrected chi connectivity index (χ2v) is 9.38. The van der Waals surface area contributed by atoms with Crippen LogP contribution >= 0.6 is 11.3 Å². The molecule has 3 heterocycles. The van der Waals surface area contributed by atoms with Gasteiger partial charge in [-0.2, -0.15) is 4.31 Å². The molecule has 0 spiro atoms. The van der Waals surface area contributed by atoms with Gasteiger partial charge in [-0.05, 0) is 54.0 Å². The van der Waals surface area contributed by atoms with Gasteiger partial charge in [0.1, 0.15) is 0 Å². The van der Waals surface area contributed by atoms with E-state index in [1.807, 2.05) is 23.6 Å². The van der Waals surface area contributed by atoms with Crippen molar-refractivity contribution < 1.29 is 13.2 Å². The first kappa shape index (κ1) is 16.8. The normalized spacial score (nSPS) is 18.3. The highest BCUT2D eigenvalue weighted by Gasteiger charge is 2.29. The molecule has 0 saturated carbocycles. The number of fused-ring (bicyclic) bond motifs is 1. The van der Waals surface area contributed by atoms with Gasteiger partial charge in [0.2, 0.25) is 10.0 Å². The summed E-state index contributed by atoms with van der Waals surface area (Å²) in [4.78, 5) is 15.4. The summed E-state index contributed by atoms with van der Waals surface area (Å²) in [7, 11) is -3.42. The molecule has 0 bridgehead atoms. The molecule has 1 amide bonds. The molecule has 2 aliphatic heterocycles. The van der Waals surface area contributed by atoms with E-state index >= 15 is 0 Å². The number of carbonyl (C=O) groups excluding carboxylic acids is 1. The minimum Gasteiger partial charge on any atom is -0.333 e. The zero-order valence-corrected chi connectivity index (χ0v) is 15.5. The second kappa shape index (κ2) is 6.55. The Morgan fingerprint density at radius 3 is 2.56 bits per heavy atom. The van der Waals surface area contributed by atoms with Gasteiger partial charge in [-0.1, -0.05) is 12.1 Å². The van der Waals surface area contributed by atoms with Gasteiger partial charge in [-0.25, -0.2) is 8.42 Å². The van der Waals surface area contributed by atoms with Crippen LogP contribution in [-0.4, -0.2) is 43.2 Å². The lowest BCUT2D eigenvalue weighted by Gasteiger charge is -2.29. The zero-order chi connectivity index (χ0) is 17.4. The molecule has 0 aliphatic carbocycles. The number of benzene rings is 1. The Hall–Kier alpha value is -1.70. The topological polar surface area (TPSA) is 57.7 Å². The standard InChI is InChI=1S/C18H20N2O3S2/c21-18(17-4-3-11-24-17)19-10-7-14-5-6-16(12-15(14)13-19)25(22,23)20-8-1-2-9-20/h3-6,11-12H,1-2,7-10,13H2. The molecule has 5 nitrogen and oxygen atoms in total. The Kier molecular flexibility index (Phi) is 4.39. The molecule has 0 atom stereocenters. The third kappa shape index (κ3) is 3.12. The number of thiophene rings is 1. The van der Waals surface area contributed by atoms with Crippen LogP contribution in [0.15, 0.2) is 40.6 Å². The number of amides is 1. The van der Waals surface area contributed by atoms with E-state index in [0.29, 0.717) is 31.1 Å². The third-order valence-corrected chi connectivity index (χ3v) is 7.66. The van der Waals surface area contributed by atoms with Crippen LogP contribution in [0.3, 0.4) is 0 Å². The van der Waals surface area contributed by atoms with E-state index in [1.165, 1.54) is 11.3 Å². The molecule has 4 rings (SSSR count). The molecule has 0 radical (unpaired) electrons. The number of hydrogen-bond donors (Lipinski definition) is 0. The van der Waals surface area contributed by atoms with Crippen LogP contribution in [0.25, 0.3) is 0 Å². The number of carbonyl (C=O) groups is 1. The summed E-state index contributed by atoms with van der Waals surface area (Å²) in [6, 6.07) is 9.08. The predicted molar refractivity (Wildman–Crippen MR) is 97.2 cm³/mol. The van der Waals surface area contributed by atoms with Crippen molar-refractivity contribution in [2.45, 2.75) is 30.7 Å². The first-order chi connectivity index (χ1) is 12.1. The van der Waals surface area contributed by atoms with E-state index in [9.17, 15) is 13.2 Å². The summed E-state index contributed by atoms with van der Waals surface area (Å²) in [6.45, 7) is 2.34. The molecule has 1 aromatic heterocycles. The monoisotopic (exact) mass is 376 g/mol. The van der Waals surface area contributed by atoms with Crippen LogP contribution in [0.4, 0.5) is 0 Å². The maximum atomic E-state index is 12.8. The van der Waals surface area contributed by atoms with Crippen LogP contribution in [0, 0.1) is 0 Å². The van der Waals surface area contributed by atoms with Gasteiger partial charge < -0.3 is 4.90 Å². The van der Waals surface area contributed by atoms with Crippen LogP contribution in [0.2, 0.25) is 0 Å². The summed E-state index contributed by atoms with van der Waals surface area (Å²) in [5.74, 6) is 0.0217. The van der Waals surface area contributed by atoms with Crippen molar-refractivity contribution in [3.05, 3.63) is 51.7 Å². The molecule has 7 heteroatoms. The van der Waals surface area contributed by atoms with Gasteiger partial charge in [0.15, 0.2) is 0 Å². The highest BCUT2D eigenvalue weighted by molar-refractivity contribution is 7.89. The van der Waals surface area contributed by atoms with E-state index in [1.54, 1.807) is 21.3 Å². The van der Waals surface area contributed by atoms with Crippen LogP contribution in [-0.2, 0) is 23.0 Å². The van der Waals surface area contributed by atoms with Crippen LogP contribution < -0.4 is 0 Å². The first-order valence-corrected chi connectivity index (χ1v) is 10.8. The molecule has 132 valence electrons. The molecule has 1 aromatic carbocycles. The van der Waals surface area contributed by atoms with Crippen molar-refractivity contribution in [3.63, 3.8) is 0 Å². The fourth-order valence-electron chi connectivity index (χ4n) is 3.50. The number of hydrogen-bond acceptors (Lipinski definition) is 4. The summed E-state index contributed by atoms with van der Waals surface area (Å²) in [5.41, 5.74) is 2.08. The molecule has 2 aromatic rings. The van der Waals surface area contributed by atoms with E-state index in [2.05, 4.69) is 0 Å². The maximum Gasteiger partial charge on any atom is 0.264 e. The van der Waals surface area contributed by atoms with E-state index in [0.717, 1.165) is 35.3 Å². The Balaban J connectivity index is 1.60. The maximum absolute atomic E-state index is 12.8. The lowest BCUT2D eigenvalue weighted by Crippen LogP contribution is -2.36. The molecular weight excluding hydrogens is 356 g/mol. The molecule has 1 fully saturated rings. The van der Waals surface area contributed by atoms with Crippen LogP contribution in [0.1, 0.15) is 33.6 Å². The van der Waals surface area contributed by atoms with Crippen molar-refractivity contribution in [3.8, 4) is 0 Å². The Bertz CT molecular complexity index is 885. The summed E-state index contributed by atoms with van der Waals surface area (Å²) in [5, 5.41) is 1.89. The third-order valence-electron chi connectivity index (χ3n) is 4.91. The minimum absolute atomic E-state index is 0.0217. The molecule has 0 unspecified atom stereocenters. The van der Waals surface area contributed by atoms with Crippen molar-refractivity contribution >= 4 is 27.3 Å². The highest BCUT2D eigenvalue weighted by atomic mass is 32.2. The van der Waals surface area contributed by atoms with E-state index < -0.39 is 10.0 Å². The minimum atomic E-state index is -3.42. The van der Waals surface area contributed by atoms with Crippen LogP contribution in [0.5, 0.6) is 0 Å². The lowest BCUT2D eigenvalue weighted by atomic mass is 10.00. The average Bonchev–Trinajstić information content (AvgIpc) is 3.33. The predicted octanol–water partition coefficient (Wildman–Crippen LogP) is 2.73. The van der Waals surface area contributed by atoms with Gasteiger partial charge in [-0.15, -0.1) is 11.3 Å². The van der Waals surface area contributed by atoms with E-state index in [4.69, 9.17) is 0 Å². The zero-order valence-electron chi connectivity index (χ0n) is 13.8. The Labute approximate surface area is 151 Å². The summed E-state index contributed by atoms with van der Waals surface area (Å²) < 4.78 is 27.1. The molecule has 2 aliphatic rings. The fourth-order valence-corrected chi connectivity index (χ4v) is 5.76. The largest absolute Gasteiger partial charge is 0.333 e. The first-order valence-electron chi connectivity index (χ1n) is 8.50. The van der Waals surface area contributed by atoms with Gasteiger partial charge in [0.25, 0.3) is 5.91 Å². The molecule has 1 saturated heterocycles. The highest BCUT2D eigenvalue weighted by Crippen LogP contribution is 2.27.